The fourth-order valence-electron chi connectivity index (χ4n) is 7.15. The van der Waals surface area contributed by atoms with E-state index in [0.29, 0.717) is 24.8 Å². The van der Waals surface area contributed by atoms with E-state index in [1.54, 1.807) is 0 Å². The van der Waals surface area contributed by atoms with Crippen LogP contribution in [-0.4, -0.2) is 58.3 Å². The largest absolute Gasteiger partial charge is 0.459 e. The fourth-order valence-corrected chi connectivity index (χ4v) is 7.15. The first kappa shape index (κ1) is 27.8. The Bertz CT molecular complexity index is 1060. The molecule has 37 heavy (non-hydrogen) atoms. The average molecular weight is 515 g/mol. The zero-order valence-electron chi connectivity index (χ0n) is 22.6. The molecular formula is C30H42O7. The van der Waals surface area contributed by atoms with Crippen LogP contribution in [0.2, 0.25) is 0 Å². The summed E-state index contributed by atoms with van der Waals surface area (Å²) in [6.45, 7) is 16.2. The number of esters is 2. The third-order valence-electron chi connectivity index (χ3n) is 9.96. The topological polar surface area (TPSA) is 113 Å². The van der Waals surface area contributed by atoms with E-state index in [1.807, 2.05) is 12.2 Å². The minimum absolute atomic E-state index is 0.0714. The van der Waals surface area contributed by atoms with Crippen molar-refractivity contribution in [3.63, 3.8) is 0 Å². The lowest BCUT2D eigenvalue weighted by Crippen LogP contribution is -2.47. The predicted molar refractivity (Wildman–Crippen MR) is 139 cm³/mol. The van der Waals surface area contributed by atoms with Crippen LogP contribution in [-0.2, 0) is 19.1 Å². The number of fused-ring (bicyclic) bond motifs is 2. The zero-order chi connectivity index (χ0) is 27.3. The van der Waals surface area contributed by atoms with Crippen molar-refractivity contribution in [3.8, 4) is 0 Å². The van der Waals surface area contributed by atoms with Crippen molar-refractivity contribution in [3.05, 3.63) is 47.6 Å². The number of hydrogen-bond donors (Lipinski definition) is 3. The van der Waals surface area contributed by atoms with E-state index >= 15 is 0 Å². The van der Waals surface area contributed by atoms with Gasteiger partial charge in [0.1, 0.15) is 12.2 Å². The molecule has 8 atom stereocenters. The Kier molecular flexibility index (Phi) is 7.38. The average Bonchev–Trinajstić information content (AvgIpc) is 3.31. The van der Waals surface area contributed by atoms with Gasteiger partial charge in [-0.1, -0.05) is 57.6 Å². The summed E-state index contributed by atoms with van der Waals surface area (Å²) in [4.78, 5) is 24.6. The second kappa shape index (κ2) is 9.83. The molecule has 0 spiro atoms. The van der Waals surface area contributed by atoms with E-state index in [1.165, 1.54) is 5.57 Å². The van der Waals surface area contributed by atoms with Gasteiger partial charge in [0.2, 0.25) is 0 Å². The van der Waals surface area contributed by atoms with Gasteiger partial charge in [0.05, 0.1) is 24.7 Å². The van der Waals surface area contributed by atoms with Crippen LogP contribution in [0.1, 0.15) is 66.2 Å². The summed E-state index contributed by atoms with van der Waals surface area (Å²) in [6, 6.07) is 0. The monoisotopic (exact) mass is 514 g/mol. The van der Waals surface area contributed by atoms with Crippen molar-refractivity contribution >= 4 is 11.9 Å². The predicted octanol–water partition coefficient (Wildman–Crippen LogP) is 3.79. The maximum atomic E-state index is 12.4. The standard InChI is InChI=1S/C30H42O7/c1-7-28(5)13-24-19(20(15-31)26(33)36-24)11-21(28)17(3)9-10-18(4)22-12-23-25(14-29(22,6)8-2)37-27(34)30(23,35)16-32/h7,12,18,21,23-25,31-32,35H,1,3,8-11,13-16H2,2,4-6H3/t18-,21-,23+,24+,25-,28-,29-,30-/m1/s1. The van der Waals surface area contributed by atoms with Gasteiger partial charge >= 0.3 is 11.9 Å². The van der Waals surface area contributed by atoms with Crippen LogP contribution >= 0.6 is 0 Å². The van der Waals surface area contributed by atoms with Gasteiger partial charge < -0.3 is 24.8 Å². The van der Waals surface area contributed by atoms with E-state index in [0.717, 1.165) is 30.4 Å². The van der Waals surface area contributed by atoms with Gasteiger partial charge in [0.15, 0.2) is 5.60 Å². The van der Waals surface area contributed by atoms with Gasteiger partial charge in [-0.15, -0.1) is 6.58 Å². The van der Waals surface area contributed by atoms with Gasteiger partial charge in [-0.3, -0.25) is 0 Å². The molecule has 2 heterocycles. The summed E-state index contributed by atoms with van der Waals surface area (Å²) in [5.74, 6) is -1.49. The van der Waals surface area contributed by atoms with Crippen LogP contribution in [0.5, 0.6) is 0 Å². The summed E-state index contributed by atoms with van der Waals surface area (Å²) >= 11 is 0. The summed E-state index contributed by atoms with van der Waals surface area (Å²) in [5.41, 5.74) is 1.18. The number of ether oxygens (including phenoxy) is 2. The molecule has 1 saturated heterocycles. The Hall–Kier alpha value is -2.22. The SMILES string of the molecule is C=C[C@]1(C)C[C@@H]2OC(=O)C(CO)=C2C[C@@H]1C(=C)CC[C@@H](C)C1=C[C@H]2[C@@H](C[C@@]1(C)CC)OC(=O)[C@@]2(O)CO. The third kappa shape index (κ3) is 4.43. The summed E-state index contributed by atoms with van der Waals surface area (Å²) < 4.78 is 11.0. The van der Waals surface area contributed by atoms with E-state index in [-0.39, 0.29) is 35.4 Å². The van der Waals surface area contributed by atoms with Gasteiger partial charge in [-0.25, -0.2) is 9.59 Å². The van der Waals surface area contributed by atoms with Crippen LogP contribution in [0.3, 0.4) is 0 Å². The van der Waals surface area contributed by atoms with Crippen molar-refractivity contribution in [2.75, 3.05) is 13.2 Å². The molecule has 4 rings (SSSR count). The molecule has 204 valence electrons. The minimum Gasteiger partial charge on any atom is -0.459 e. The Morgan fingerprint density at radius 1 is 1.24 bits per heavy atom. The number of aliphatic hydroxyl groups excluding tert-OH is 2. The minimum atomic E-state index is -1.89. The van der Waals surface area contributed by atoms with Crippen molar-refractivity contribution < 1.29 is 34.4 Å². The first-order chi connectivity index (χ1) is 17.4. The fraction of sp³-hybridized carbons (Fsp3) is 0.667. The molecule has 0 aromatic heterocycles. The van der Waals surface area contributed by atoms with Crippen molar-refractivity contribution in [2.45, 2.75) is 84.0 Å². The molecule has 2 fully saturated rings. The third-order valence-corrected chi connectivity index (χ3v) is 9.96. The Balaban J connectivity index is 1.54. The Morgan fingerprint density at radius 3 is 2.54 bits per heavy atom. The smallest absolute Gasteiger partial charge is 0.341 e. The number of rotatable bonds is 9. The molecule has 0 unspecified atom stereocenters. The van der Waals surface area contributed by atoms with E-state index in [9.17, 15) is 24.9 Å². The van der Waals surface area contributed by atoms with Crippen LogP contribution in [0.15, 0.2) is 47.6 Å². The van der Waals surface area contributed by atoms with Crippen molar-refractivity contribution in [1.82, 2.24) is 0 Å². The molecular weight excluding hydrogens is 472 g/mol. The molecule has 3 N–H and O–H groups in total. The van der Waals surface area contributed by atoms with Gasteiger partial charge in [0, 0.05) is 0 Å². The second-order valence-electron chi connectivity index (χ2n) is 12.1. The molecule has 0 amide bonds. The van der Waals surface area contributed by atoms with Crippen molar-refractivity contribution in [2.24, 2.45) is 28.6 Å². The number of hydrogen-bond acceptors (Lipinski definition) is 7. The molecule has 7 heteroatoms. The summed E-state index contributed by atoms with van der Waals surface area (Å²) in [5, 5.41) is 30.4. The van der Waals surface area contributed by atoms with E-state index < -0.39 is 36.2 Å². The molecule has 2 aliphatic carbocycles. The quantitative estimate of drug-likeness (QED) is 0.317. The number of allylic oxidation sites excluding steroid dienone is 3. The number of aliphatic hydroxyl groups is 3. The highest BCUT2D eigenvalue weighted by molar-refractivity contribution is 5.92. The van der Waals surface area contributed by atoms with E-state index in [4.69, 9.17) is 9.47 Å². The van der Waals surface area contributed by atoms with Crippen molar-refractivity contribution in [1.29, 1.82) is 0 Å². The maximum absolute atomic E-state index is 12.4. The first-order valence-corrected chi connectivity index (χ1v) is 13.5. The lowest BCUT2D eigenvalue weighted by Gasteiger charge is -2.44. The van der Waals surface area contributed by atoms with Crippen LogP contribution in [0.25, 0.3) is 0 Å². The first-order valence-electron chi connectivity index (χ1n) is 13.5. The van der Waals surface area contributed by atoms with Gasteiger partial charge in [-0.2, -0.15) is 0 Å². The second-order valence-corrected chi connectivity index (χ2v) is 12.1. The molecule has 1 saturated carbocycles. The number of carbonyl (C=O) groups is 2. The van der Waals surface area contributed by atoms with Crippen LogP contribution < -0.4 is 0 Å². The normalized spacial score (nSPS) is 39.9. The van der Waals surface area contributed by atoms with E-state index in [2.05, 4.69) is 40.9 Å². The molecule has 7 nitrogen and oxygen atoms in total. The highest BCUT2D eigenvalue weighted by atomic mass is 16.6. The molecule has 0 aromatic rings. The summed E-state index contributed by atoms with van der Waals surface area (Å²) in [6.07, 6.45) is 7.50. The molecule has 0 aromatic carbocycles. The molecule has 0 bridgehead atoms. The molecule has 4 aliphatic rings. The van der Waals surface area contributed by atoms with Gasteiger partial charge in [0.25, 0.3) is 0 Å². The Morgan fingerprint density at radius 2 is 1.95 bits per heavy atom. The highest BCUT2D eigenvalue weighted by Gasteiger charge is 2.59. The lowest BCUT2D eigenvalue weighted by molar-refractivity contribution is -0.158. The summed E-state index contributed by atoms with van der Waals surface area (Å²) in [7, 11) is 0. The van der Waals surface area contributed by atoms with Crippen LogP contribution in [0, 0.1) is 28.6 Å². The lowest BCUT2D eigenvalue weighted by atomic mass is 9.61. The maximum Gasteiger partial charge on any atom is 0.341 e. The molecule has 2 aliphatic heterocycles. The van der Waals surface area contributed by atoms with Crippen LogP contribution in [0.4, 0.5) is 0 Å². The Labute approximate surface area is 219 Å². The molecule has 0 radical (unpaired) electrons. The highest BCUT2D eigenvalue weighted by Crippen LogP contribution is 2.54. The zero-order valence-corrected chi connectivity index (χ0v) is 22.6. The van der Waals surface area contributed by atoms with Gasteiger partial charge in [-0.05, 0) is 66.8 Å². The number of carbonyl (C=O) groups excluding carboxylic acids is 2.